The Hall–Kier alpha value is -0.680. The quantitative estimate of drug-likeness (QED) is 0.374. The third-order valence-electron chi connectivity index (χ3n) is 9.48. The van der Waals surface area contributed by atoms with E-state index in [9.17, 15) is 5.11 Å². The fourth-order valence-electron chi connectivity index (χ4n) is 8.14. The van der Waals surface area contributed by atoms with E-state index in [0.29, 0.717) is 16.7 Å². The zero-order chi connectivity index (χ0) is 19.4. The summed E-state index contributed by atoms with van der Waals surface area (Å²) in [5.41, 5.74) is 10.4. The van der Waals surface area contributed by atoms with E-state index >= 15 is 0 Å². The molecule has 0 heterocycles. The molecule has 4 fully saturated rings. The highest BCUT2D eigenvalue weighted by Crippen LogP contribution is 2.67. The predicted molar refractivity (Wildman–Crippen MR) is 114 cm³/mol. The van der Waals surface area contributed by atoms with Crippen LogP contribution in [0.5, 0.6) is 0 Å². The molecular formula is C22H37N3OS. The second-order valence-corrected chi connectivity index (χ2v) is 10.9. The first kappa shape index (κ1) is 19.6. The minimum absolute atomic E-state index is 0.0515. The van der Waals surface area contributed by atoms with E-state index in [1.54, 1.807) is 0 Å². The van der Waals surface area contributed by atoms with Crippen LogP contribution in [-0.2, 0) is 0 Å². The summed E-state index contributed by atoms with van der Waals surface area (Å²) in [7, 11) is 0. The van der Waals surface area contributed by atoms with E-state index in [2.05, 4.69) is 31.3 Å². The van der Waals surface area contributed by atoms with Gasteiger partial charge in [0.2, 0.25) is 0 Å². The minimum Gasteiger partial charge on any atom is -0.393 e. The van der Waals surface area contributed by atoms with Crippen LogP contribution in [0, 0.1) is 40.4 Å². The lowest BCUT2D eigenvalue weighted by atomic mass is 9.44. The molecule has 4 N–H and O–H groups in total. The molecule has 4 aliphatic rings. The zero-order valence-corrected chi connectivity index (χ0v) is 18.0. The highest BCUT2D eigenvalue weighted by Gasteiger charge is 2.60. The van der Waals surface area contributed by atoms with Crippen molar-refractivity contribution in [2.24, 2.45) is 51.3 Å². The molecule has 5 heteroatoms. The second kappa shape index (κ2) is 6.98. The van der Waals surface area contributed by atoms with Crippen LogP contribution in [0.3, 0.4) is 0 Å². The minimum atomic E-state index is -0.0515. The summed E-state index contributed by atoms with van der Waals surface area (Å²) in [6, 6.07) is 0. The van der Waals surface area contributed by atoms with E-state index in [1.165, 1.54) is 50.7 Å². The van der Waals surface area contributed by atoms with Gasteiger partial charge in [-0.1, -0.05) is 13.8 Å². The fourth-order valence-corrected chi connectivity index (χ4v) is 8.19. The van der Waals surface area contributed by atoms with Crippen molar-refractivity contribution in [2.45, 2.75) is 84.7 Å². The van der Waals surface area contributed by atoms with Crippen LogP contribution < -0.4 is 11.2 Å². The van der Waals surface area contributed by atoms with Gasteiger partial charge in [0.05, 0.1) is 6.10 Å². The van der Waals surface area contributed by atoms with Crippen molar-refractivity contribution in [3.05, 3.63) is 0 Å². The largest absolute Gasteiger partial charge is 0.393 e. The average Bonchev–Trinajstić information content (AvgIpc) is 2.97. The molecule has 0 aromatic carbocycles. The van der Waals surface area contributed by atoms with Crippen LogP contribution in [0.1, 0.15) is 78.6 Å². The Balaban J connectivity index is 1.55. The monoisotopic (exact) mass is 391 g/mol. The van der Waals surface area contributed by atoms with Gasteiger partial charge in [-0.25, -0.2) is 0 Å². The van der Waals surface area contributed by atoms with Gasteiger partial charge in [0, 0.05) is 11.6 Å². The molecule has 0 spiro atoms. The highest BCUT2D eigenvalue weighted by molar-refractivity contribution is 7.80. The Morgan fingerprint density at radius 1 is 1.04 bits per heavy atom. The van der Waals surface area contributed by atoms with Gasteiger partial charge < -0.3 is 10.8 Å². The first-order valence-corrected chi connectivity index (χ1v) is 11.4. The lowest BCUT2D eigenvalue weighted by Gasteiger charge is -2.61. The lowest BCUT2D eigenvalue weighted by molar-refractivity contribution is -0.123. The van der Waals surface area contributed by atoms with E-state index in [-0.39, 0.29) is 11.2 Å². The van der Waals surface area contributed by atoms with Crippen LogP contribution in [0.2, 0.25) is 0 Å². The summed E-state index contributed by atoms with van der Waals surface area (Å²) in [4.78, 5) is 0. The number of nitrogens with one attached hydrogen (secondary N) is 1. The molecule has 0 aromatic rings. The summed E-state index contributed by atoms with van der Waals surface area (Å²) in [6.45, 7) is 7.25. The molecule has 0 aliphatic heterocycles. The highest BCUT2D eigenvalue weighted by atomic mass is 32.1. The van der Waals surface area contributed by atoms with Gasteiger partial charge in [-0.05, 0) is 111 Å². The number of nitrogens with two attached hydrogens (primary N) is 1. The van der Waals surface area contributed by atoms with Crippen molar-refractivity contribution < 1.29 is 5.11 Å². The van der Waals surface area contributed by atoms with E-state index in [0.717, 1.165) is 36.5 Å². The Bertz CT molecular complexity index is 637. The average molecular weight is 392 g/mol. The number of aliphatic hydroxyl groups excluding tert-OH is 1. The number of aliphatic hydroxyl groups is 1. The van der Waals surface area contributed by atoms with Crippen LogP contribution in [0.25, 0.3) is 0 Å². The normalized spacial score (nSPS) is 49.7. The predicted octanol–water partition coefficient (Wildman–Crippen LogP) is 4.22. The Labute approximate surface area is 169 Å². The number of hydrogen-bond acceptors (Lipinski definition) is 3. The van der Waals surface area contributed by atoms with Crippen molar-refractivity contribution in [2.75, 3.05) is 0 Å². The Morgan fingerprint density at radius 2 is 1.74 bits per heavy atom. The van der Waals surface area contributed by atoms with Crippen molar-refractivity contribution in [3.63, 3.8) is 0 Å². The van der Waals surface area contributed by atoms with Crippen LogP contribution in [-0.4, -0.2) is 22.0 Å². The van der Waals surface area contributed by atoms with E-state index in [1.807, 2.05) is 0 Å². The number of thiocarbonyl (C=S) groups is 1. The molecule has 27 heavy (non-hydrogen) atoms. The van der Waals surface area contributed by atoms with Gasteiger partial charge in [0.15, 0.2) is 5.11 Å². The summed E-state index contributed by atoms with van der Waals surface area (Å²) in [5.74, 6) is 3.82. The molecule has 4 saturated carbocycles. The third kappa shape index (κ3) is 3.13. The van der Waals surface area contributed by atoms with Gasteiger partial charge in [0.1, 0.15) is 0 Å². The molecule has 0 aromatic heterocycles. The van der Waals surface area contributed by atoms with Crippen LogP contribution in [0.4, 0.5) is 0 Å². The van der Waals surface area contributed by atoms with Crippen LogP contribution >= 0.6 is 12.2 Å². The van der Waals surface area contributed by atoms with E-state index < -0.39 is 0 Å². The smallest absolute Gasteiger partial charge is 0.184 e. The molecule has 0 bridgehead atoms. The van der Waals surface area contributed by atoms with Gasteiger partial charge in [-0.3, -0.25) is 5.43 Å². The molecule has 0 unspecified atom stereocenters. The molecule has 0 radical (unpaired) electrons. The Kier molecular flexibility index (Phi) is 5.07. The molecule has 4 nitrogen and oxygen atoms in total. The van der Waals surface area contributed by atoms with Gasteiger partial charge in [-0.2, -0.15) is 5.10 Å². The summed E-state index contributed by atoms with van der Waals surface area (Å²) in [6.07, 6.45) is 11.2. The number of fused-ring (bicyclic) bond motifs is 5. The lowest BCUT2D eigenvalue weighted by Crippen LogP contribution is -2.54. The second-order valence-electron chi connectivity index (χ2n) is 10.5. The third-order valence-corrected chi connectivity index (χ3v) is 9.58. The SMILES string of the molecule is C/C(=N\NC(N)=S)[C@H]1CC[C@@H]2[C@H]3CC[C@H]4C[C@@H](O)CC[C@]4(C)[C@@H]3CC[C@]12C. The molecular weight excluding hydrogens is 354 g/mol. The number of hydrogen-bond donors (Lipinski definition) is 3. The van der Waals surface area contributed by atoms with Gasteiger partial charge in [-0.15, -0.1) is 0 Å². The van der Waals surface area contributed by atoms with Crippen molar-refractivity contribution in [1.82, 2.24) is 5.43 Å². The first-order chi connectivity index (χ1) is 12.8. The number of nitrogens with zero attached hydrogens (tertiary/aromatic N) is 1. The summed E-state index contributed by atoms with van der Waals surface area (Å²) in [5, 5.41) is 15.0. The number of hydrazone groups is 1. The van der Waals surface area contributed by atoms with Crippen molar-refractivity contribution in [1.29, 1.82) is 0 Å². The summed E-state index contributed by atoms with van der Waals surface area (Å²) < 4.78 is 0. The molecule has 4 rings (SSSR count). The van der Waals surface area contributed by atoms with Crippen molar-refractivity contribution >= 4 is 23.0 Å². The van der Waals surface area contributed by atoms with Gasteiger partial charge in [0.25, 0.3) is 0 Å². The molecule has 0 amide bonds. The Morgan fingerprint density at radius 3 is 2.48 bits per heavy atom. The van der Waals surface area contributed by atoms with Crippen LogP contribution in [0.15, 0.2) is 5.10 Å². The maximum absolute atomic E-state index is 10.2. The van der Waals surface area contributed by atoms with Gasteiger partial charge >= 0.3 is 0 Å². The summed E-state index contributed by atoms with van der Waals surface area (Å²) >= 11 is 4.92. The zero-order valence-electron chi connectivity index (χ0n) is 17.2. The number of rotatable bonds is 2. The fraction of sp³-hybridized carbons (Fsp3) is 0.909. The molecule has 8 atom stereocenters. The van der Waals surface area contributed by atoms with Crippen molar-refractivity contribution in [3.8, 4) is 0 Å². The molecule has 0 saturated heterocycles. The maximum Gasteiger partial charge on any atom is 0.184 e. The topological polar surface area (TPSA) is 70.6 Å². The standard InChI is InChI=1S/C22H37N3OS/c1-13(24-25-20(23)27)17-6-7-18-16-5-4-14-12-15(26)8-10-21(14,2)19(16)9-11-22(17,18)3/h14-19,26H,4-12H2,1-3H3,(H3,23,25,27)/b24-13+/t14-,15-,16+,17+,18+,19+,21-,22+/m0/s1. The first-order valence-electron chi connectivity index (χ1n) is 11.0. The maximum atomic E-state index is 10.2. The molecule has 4 aliphatic carbocycles. The van der Waals surface area contributed by atoms with E-state index in [4.69, 9.17) is 18.0 Å². The molecule has 152 valence electrons.